The van der Waals surface area contributed by atoms with Gasteiger partial charge in [-0.05, 0) is 49.6 Å². The summed E-state index contributed by atoms with van der Waals surface area (Å²) >= 11 is 0. The van der Waals surface area contributed by atoms with E-state index in [4.69, 9.17) is 5.73 Å². The molecule has 0 spiro atoms. The van der Waals surface area contributed by atoms with Gasteiger partial charge in [0.1, 0.15) is 5.82 Å². The molecule has 122 valence electrons. The molecule has 0 bridgehead atoms. The number of benzene rings is 2. The van der Waals surface area contributed by atoms with Crippen LogP contribution in [-0.2, 0) is 6.42 Å². The van der Waals surface area contributed by atoms with Crippen molar-refractivity contribution in [3.8, 4) is 0 Å². The normalized spacial score (nSPS) is 15.3. The quantitative estimate of drug-likeness (QED) is 0.712. The lowest BCUT2D eigenvalue weighted by Gasteiger charge is -2.36. The number of rotatable bonds is 2. The van der Waals surface area contributed by atoms with Gasteiger partial charge in [0.05, 0.1) is 16.9 Å². The number of H-pyrrole nitrogens is 1. The van der Waals surface area contributed by atoms with Crippen molar-refractivity contribution in [1.29, 1.82) is 0 Å². The largest absolute Gasteiger partial charge is 0.398 e. The average molecular weight is 320 g/mol. The fraction of sp³-hybridized carbons (Fsp3) is 0.263. The van der Waals surface area contributed by atoms with Crippen molar-refractivity contribution in [2.24, 2.45) is 0 Å². The molecule has 1 aromatic heterocycles. The van der Waals surface area contributed by atoms with Crippen LogP contribution < -0.4 is 16.2 Å². The number of nitrogens with one attached hydrogen (secondary N) is 1. The highest BCUT2D eigenvalue weighted by Gasteiger charge is 2.25. The molecule has 0 radical (unpaired) electrons. The van der Waals surface area contributed by atoms with Gasteiger partial charge in [-0.3, -0.25) is 4.79 Å². The molecule has 0 fully saturated rings. The summed E-state index contributed by atoms with van der Waals surface area (Å²) in [5.74, 6) is 0.689. The lowest BCUT2D eigenvalue weighted by molar-refractivity contribution is 0.592. The molecule has 1 aliphatic heterocycles. The molecule has 1 unspecified atom stereocenters. The van der Waals surface area contributed by atoms with E-state index >= 15 is 0 Å². The molecular weight excluding hydrogens is 300 g/mol. The van der Waals surface area contributed by atoms with Crippen LogP contribution >= 0.6 is 0 Å². The minimum absolute atomic E-state index is 0.0249. The molecule has 2 aromatic carbocycles. The van der Waals surface area contributed by atoms with Crippen LogP contribution in [0.15, 0.2) is 47.3 Å². The zero-order chi connectivity index (χ0) is 16.7. The summed E-state index contributed by atoms with van der Waals surface area (Å²) in [6.07, 6.45) is 2.04. The molecule has 0 amide bonds. The van der Waals surface area contributed by atoms with Crippen LogP contribution in [0.5, 0.6) is 0 Å². The van der Waals surface area contributed by atoms with Crippen LogP contribution in [-0.4, -0.2) is 16.5 Å². The Bertz CT molecular complexity index is 963. The number of hydrogen-bond donors (Lipinski definition) is 2. The summed E-state index contributed by atoms with van der Waals surface area (Å²) in [5.41, 5.74) is 9.95. The number of fused-ring (bicyclic) bond motifs is 2. The number of nitrogen functional groups attached to an aromatic ring is 1. The van der Waals surface area contributed by atoms with Crippen LogP contribution in [0.4, 0.5) is 11.4 Å². The number of aromatic amines is 1. The molecule has 0 aliphatic carbocycles. The summed E-state index contributed by atoms with van der Waals surface area (Å²) < 4.78 is 0. The smallest absolute Gasteiger partial charge is 0.258 e. The Morgan fingerprint density at radius 3 is 2.92 bits per heavy atom. The first-order chi connectivity index (χ1) is 11.6. The SMILES string of the molecule is CC(c1nc2ccccc2c(=O)[nH]1)N1CCCc2c(N)cccc21. The third-order valence-corrected chi connectivity index (χ3v) is 4.82. The number of anilines is 2. The molecule has 4 rings (SSSR count). The molecule has 5 nitrogen and oxygen atoms in total. The molecule has 1 aliphatic rings. The molecule has 3 aromatic rings. The molecule has 0 saturated carbocycles. The fourth-order valence-corrected chi connectivity index (χ4v) is 3.53. The second-order valence-corrected chi connectivity index (χ2v) is 6.29. The van der Waals surface area contributed by atoms with Gasteiger partial charge in [0, 0.05) is 17.9 Å². The number of para-hydroxylation sites is 1. The molecule has 24 heavy (non-hydrogen) atoms. The Kier molecular flexibility index (Phi) is 3.49. The van der Waals surface area contributed by atoms with E-state index in [1.54, 1.807) is 6.07 Å². The highest BCUT2D eigenvalue weighted by molar-refractivity contribution is 5.77. The van der Waals surface area contributed by atoms with Crippen molar-refractivity contribution < 1.29 is 0 Å². The van der Waals surface area contributed by atoms with E-state index < -0.39 is 0 Å². The van der Waals surface area contributed by atoms with Crippen molar-refractivity contribution in [2.45, 2.75) is 25.8 Å². The van der Waals surface area contributed by atoms with Crippen LogP contribution in [0.25, 0.3) is 10.9 Å². The van der Waals surface area contributed by atoms with E-state index in [1.807, 2.05) is 30.3 Å². The Balaban J connectivity index is 1.79. The monoisotopic (exact) mass is 320 g/mol. The van der Waals surface area contributed by atoms with Gasteiger partial charge in [0.2, 0.25) is 0 Å². The highest BCUT2D eigenvalue weighted by Crippen LogP contribution is 2.35. The van der Waals surface area contributed by atoms with Gasteiger partial charge in [0.15, 0.2) is 0 Å². The summed E-state index contributed by atoms with van der Waals surface area (Å²) in [6.45, 7) is 3.00. The van der Waals surface area contributed by atoms with E-state index in [2.05, 4.69) is 27.9 Å². The van der Waals surface area contributed by atoms with Crippen molar-refractivity contribution in [2.75, 3.05) is 17.2 Å². The fourth-order valence-electron chi connectivity index (χ4n) is 3.53. The standard InChI is InChI=1S/C19H20N4O/c1-12(18-21-16-9-3-2-6-14(16)19(24)22-18)23-11-5-7-13-15(20)8-4-10-17(13)23/h2-4,6,8-10,12H,5,7,11,20H2,1H3,(H,21,22,24). The second-order valence-electron chi connectivity index (χ2n) is 6.29. The predicted octanol–water partition coefficient (Wildman–Crippen LogP) is 3.02. The maximum Gasteiger partial charge on any atom is 0.258 e. The van der Waals surface area contributed by atoms with Crippen LogP contribution in [0.3, 0.4) is 0 Å². The third kappa shape index (κ3) is 2.33. The number of nitrogens with zero attached hydrogens (tertiary/aromatic N) is 2. The first-order valence-corrected chi connectivity index (χ1v) is 8.28. The molecule has 2 heterocycles. The molecule has 0 saturated heterocycles. The highest BCUT2D eigenvalue weighted by atomic mass is 16.1. The molecular formula is C19H20N4O. The maximum absolute atomic E-state index is 12.4. The molecule has 5 heteroatoms. The first kappa shape index (κ1) is 14.8. The summed E-state index contributed by atoms with van der Waals surface area (Å²) in [4.78, 5) is 22.3. The van der Waals surface area contributed by atoms with Gasteiger partial charge in [-0.1, -0.05) is 18.2 Å². The van der Waals surface area contributed by atoms with Crippen molar-refractivity contribution in [3.63, 3.8) is 0 Å². The molecule has 3 N–H and O–H groups in total. The maximum atomic E-state index is 12.4. The van der Waals surface area contributed by atoms with Gasteiger partial charge in [-0.25, -0.2) is 4.98 Å². The minimum atomic E-state index is -0.0905. The number of nitrogens with two attached hydrogens (primary N) is 1. The zero-order valence-electron chi connectivity index (χ0n) is 13.6. The van der Waals surface area contributed by atoms with E-state index in [-0.39, 0.29) is 11.6 Å². The van der Waals surface area contributed by atoms with Crippen molar-refractivity contribution >= 4 is 22.3 Å². The van der Waals surface area contributed by atoms with Gasteiger partial charge in [0.25, 0.3) is 5.56 Å². The van der Waals surface area contributed by atoms with Crippen molar-refractivity contribution in [3.05, 3.63) is 64.2 Å². The van der Waals surface area contributed by atoms with Crippen LogP contribution in [0.1, 0.15) is 30.8 Å². The second kappa shape index (κ2) is 5.67. The Labute approximate surface area is 140 Å². The van der Waals surface area contributed by atoms with E-state index in [9.17, 15) is 4.79 Å². The lowest BCUT2D eigenvalue weighted by atomic mass is 9.98. The van der Waals surface area contributed by atoms with E-state index in [1.165, 1.54) is 5.56 Å². The molecule has 1 atom stereocenters. The van der Waals surface area contributed by atoms with Crippen LogP contribution in [0, 0.1) is 0 Å². The van der Waals surface area contributed by atoms with Gasteiger partial charge in [-0.15, -0.1) is 0 Å². The summed E-state index contributed by atoms with van der Waals surface area (Å²) in [6, 6.07) is 13.4. The Morgan fingerprint density at radius 2 is 2.04 bits per heavy atom. The minimum Gasteiger partial charge on any atom is -0.398 e. The van der Waals surface area contributed by atoms with Gasteiger partial charge in [-0.2, -0.15) is 0 Å². The topological polar surface area (TPSA) is 75.0 Å². The van der Waals surface area contributed by atoms with Crippen LogP contribution in [0.2, 0.25) is 0 Å². The average Bonchev–Trinajstić information content (AvgIpc) is 2.61. The summed E-state index contributed by atoms with van der Waals surface area (Å²) in [7, 11) is 0. The van der Waals surface area contributed by atoms with Gasteiger partial charge < -0.3 is 15.6 Å². The number of hydrogen-bond acceptors (Lipinski definition) is 4. The first-order valence-electron chi connectivity index (χ1n) is 8.28. The van der Waals surface area contributed by atoms with Crippen molar-refractivity contribution in [1.82, 2.24) is 9.97 Å². The Hall–Kier alpha value is -2.82. The number of aromatic nitrogens is 2. The van der Waals surface area contributed by atoms with E-state index in [0.29, 0.717) is 11.2 Å². The zero-order valence-corrected chi connectivity index (χ0v) is 13.6. The summed E-state index contributed by atoms with van der Waals surface area (Å²) in [5, 5.41) is 0.622. The predicted molar refractivity (Wildman–Crippen MR) is 97.3 cm³/mol. The van der Waals surface area contributed by atoms with Gasteiger partial charge >= 0.3 is 0 Å². The Morgan fingerprint density at radius 1 is 1.21 bits per heavy atom. The lowest BCUT2D eigenvalue weighted by Crippen LogP contribution is -2.34. The third-order valence-electron chi connectivity index (χ3n) is 4.82. The van der Waals surface area contributed by atoms with E-state index in [0.717, 1.165) is 36.3 Å².